The predicted octanol–water partition coefficient (Wildman–Crippen LogP) is 1.24. The molecular formula is C10H15N3. The van der Waals surface area contributed by atoms with Gasteiger partial charge in [0.2, 0.25) is 0 Å². The summed E-state index contributed by atoms with van der Waals surface area (Å²) >= 11 is 0. The third-order valence-electron chi connectivity index (χ3n) is 1.91. The van der Waals surface area contributed by atoms with Crippen LogP contribution in [0.1, 0.15) is 18.4 Å². The van der Waals surface area contributed by atoms with E-state index in [1.165, 1.54) is 5.56 Å². The van der Waals surface area contributed by atoms with E-state index < -0.39 is 0 Å². The molecule has 0 aliphatic rings. The van der Waals surface area contributed by atoms with E-state index in [1.54, 1.807) is 0 Å². The Labute approximate surface area is 78.4 Å². The highest BCUT2D eigenvalue weighted by Gasteiger charge is 1.94. The molecule has 1 aromatic rings. The number of hydrogen-bond acceptors (Lipinski definition) is 2. The quantitative estimate of drug-likeness (QED) is 0.314. The second kappa shape index (κ2) is 5.19. The molecule has 70 valence electrons. The fourth-order valence-corrected chi connectivity index (χ4v) is 1.18. The SMILES string of the molecule is N/N=C(\N)CCCc1ccccc1. The number of aryl methyl sites for hydroxylation is 1. The van der Waals surface area contributed by atoms with Crippen molar-refractivity contribution in [2.75, 3.05) is 0 Å². The first-order valence-corrected chi connectivity index (χ1v) is 4.39. The molecule has 0 aliphatic heterocycles. The lowest BCUT2D eigenvalue weighted by Crippen LogP contribution is -2.13. The van der Waals surface area contributed by atoms with E-state index >= 15 is 0 Å². The zero-order valence-corrected chi connectivity index (χ0v) is 7.61. The average Bonchev–Trinajstić information content (AvgIpc) is 2.19. The first-order valence-electron chi connectivity index (χ1n) is 4.39. The van der Waals surface area contributed by atoms with Crippen molar-refractivity contribution >= 4 is 5.84 Å². The van der Waals surface area contributed by atoms with Crippen LogP contribution in [0.25, 0.3) is 0 Å². The van der Waals surface area contributed by atoms with E-state index in [4.69, 9.17) is 11.6 Å². The fourth-order valence-electron chi connectivity index (χ4n) is 1.18. The molecule has 4 N–H and O–H groups in total. The minimum Gasteiger partial charge on any atom is -0.386 e. The maximum absolute atomic E-state index is 5.46. The smallest absolute Gasteiger partial charge is 0.119 e. The summed E-state index contributed by atoms with van der Waals surface area (Å²) in [6.45, 7) is 0. The first-order chi connectivity index (χ1) is 6.33. The normalized spacial score (nSPS) is 11.5. The molecule has 1 rings (SSSR count). The molecule has 0 heterocycles. The van der Waals surface area contributed by atoms with Gasteiger partial charge in [0.15, 0.2) is 0 Å². The summed E-state index contributed by atoms with van der Waals surface area (Å²) in [6.07, 6.45) is 2.79. The van der Waals surface area contributed by atoms with Crippen molar-refractivity contribution in [2.45, 2.75) is 19.3 Å². The molecule has 0 saturated heterocycles. The monoisotopic (exact) mass is 177 g/mol. The number of benzene rings is 1. The first kappa shape index (κ1) is 9.58. The van der Waals surface area contributed by atoms with Crippen LogP contribution in [0.3, 0.4) is 0 Å². The van der Waals surface area contributed by atoms with Crippen LogP contribution in [-0.4, -0.2) is 5.84 Å². The molecular weight excluding hydrogens is 162 g/mol. The average molecular weight is 177 g/mol. The highest BCUT2D eigenvalue weighted by Crippen LogP contribution is 2.03. The molecule has 3 nitrogen and oxygen atoms in total. The summed E-state index contributed by atoms with van der Waals surface area (Å²) in [7, 11) is 0. The third kappa shape index (κ3) is 3.60. The minimum absolute atomic E-state index is 0.524. The Balaban J connectivity index is 2.28. The van der Waals surface area contributed by atoms with Crippen molar-refractivity contribution in [3.63, 3.8) is 0 Å². The van der Waals surface area contributed by atoms with Crippen molar-refractivity contribution in [3.05, 3.63) is 35.9 Å². The molecule has 0 unspecified atom stereocenters. The lowest BCUT2D eigenvalue weighted by atomic mass is 10.1. The Bertz CT molecular complexity index is 267. The predicted molar refractivity (Wildman–Crippen MR) is 55.2 cm³/mol. The van der Waals surface area contributed by atoms with Gasteiger partial charge in [-0.1, -0.05) is 30.3 Å². The second-order valence-electron chi connectivity index (χ2n) is 2.96. The van der Waals surface area contributed by atoms with E-state index in [2.05, 4.69) is 17.2 Å². The zero-order chi connectivity index (χ0) is 9.52. The molecule has 0 amide bonds. The Kier molecular flexibility index (Phi) is 3.82. The van der Waals surface area contributed by atoms with Crippen molar-refractivity contribution in [3.8, 4) is 0 Å². The van der Waals surface area contributed by atoms with E-state index in [1.807, 2.05) is 18.2 Å². The number of nitrogens with zero attached hydrogens (tertiary/aromatic N) is 1. The number of rotatable bonds is 4. The summed E-state index contributed by atoms with van der Waals surface area (Å²) in [5, 5.41) is 3.41. The van der Waals surface area contributed by atoms with Crippen LogP contribution < -0.4 is 11.6 Å². The number of nitrogens with two attached hydrogens (primary N) is 2. The van der Waals surface area contributed by atoms with Gasteiger partial charge in [0, 0.05) is 6.42 Å². The van der Waals surface area contributed by atoms with Crippen LogP contribution >= 0.6 is 0 Å². The van der Waals surface area contributed by atoms with Gasteiger partial charge in [-0.3, -0.25) is 0 Å². The molecule has 0 aliphatic carbocycles. The standard InChI is InChI=1S/C10H15N3/c11-10(13-12)8-4-7-9-5-2-1-3-6-9/h1-3,5-6H,4,7-8,12H2,(H2,11,13). The summed E-state index contributed by atoms with van der Waals surface area (Å²) in [6, 6.07) is 10.3. The topological polar surface area (TPSA) is 64.4 Å². The highest BCUT2D eigenvalue weighted by atomic mass is 15.1. The molecule has 13 heavy (non-hydrogen) atoms. The molecule has 1 aromatic carbocycles. The summed E-state index contributed by atoms with van der Waals surface area (Å²) < 4.78 is 0. The van der Waals surface area contributed by atoms with Crippen LogP contribution in [0.4, 0.5) is 0 Å². The van der Waals surface area contributed by atoms with Crippen LogP contribution in [-0.2, 0) is 6.42 Å². The molecule has 0 bridgehead atoms. The maximum atomic E-state index is 5.46. The largest absolute Gasteiger partial charge is 0.386 e. The van der Waals surface area contributed by atoms with Gasteiger partial charge < -0.3 is 11.6 Å². The van der Waals surface area contributed by atoms with Gasteiger partial charge in [-0.05, 0) is 18.4 Å². The van der Waals surface area contributed by atoms with Gasteiger partial charge >= 0.3 is 0 Å². The van der Waals surface area contributed by atoms with Crippen molar-refractivity contribution in [2.24, 2.45) is 16.7 Å². The van der Waals surface area contributed by atoms with E-state index in [-0.39, 0.29) is 0 Å². The number of amidine groups is 1. The molecule has 0 fully saturated rings. The van der Waals surface area contributed by atoms with Gasteiger partial charge in [-0.15, -0.1) is 0 Å². The van der Waals surface area contributed by atoms with E-state index in [0.29, 0.717) is 5.84 Å². The Morgan fingerprint density at radius 2 is 1.92 bits per heavy atom. The summed E-state index contributed by atoms with van der Waals surface area (Å²) in [4.78, 5) is 0. The lowest BCUT2D eigenvalue weighted by Gasteiger charge is -2.00. The summed E-state index contributed by atoms with van der Waals surface area (Å²) in [5.74, 6) is 5.54. The molecule has 0 aromatic heterocycles. The molecule has 0 atom stereocenters. The van der Waals surface area contributed by atoms with Gasteiger partial charge in [0.1, 0.15) is 5.84 Å². The molecule has 0 spiro atoms. The van der Waals surface area contributed by atoms with E-state index in [9.17, 15) is 0 Å². The molecule has 3 heteroatoms. The van der Waals surface area contributed by atoms with Crippen LogP contribution in [0.5, 0.6) is 0 Å². The maximum Gasteiger partial charge on any atom is 0.119 e. The number of hydrazone groups is 1. The van der Waals surface area contributed by atoms with Crippen LogP contribution in [0.2, 0.25) is 0 Å². The Morgan fingerprint density at radius 3 is 2.54 bits per heavy atom. The van der Waals surface area contributed by atoms with E-state index in [0.717, 1.165) is 19.3 Å². The third-order valence-corrected chi connectivity index (χ3v) is 1.91. The van der Waals surface area contributed by atoms with Crippen molar-refractivity contribution in [1.82, 2.24) is 0 Å². The van der Waals surface area contributed by atoms with Crippen molar-refractivity contribution in [1.29, 1.82) is 0 Å². The Hall–Kier alpha value is -1.51. The highest BCUT2D eigenvalue weighted by molar-refractivity contribution is 5.79. The van der Waals surface area contributed by atoms with Crippen LogP contribution in [0, 0.1) is 0 Å². The lowest BCUT2D eigenvalue weighted by molar-refractivity contribution is 0.857. The number of hydrogen-bond donors (Lipinski definition) is 2. The van der Waals surface area contributed by atoms with Gasteiger partial charge in [-0.2, -0.15) is 5.10 Å². The van der Waals surface area contributed by atoms with Gasteiger partial charge in [0.25, 0.3) is 0 Å². The summed E-state index contributed by atoms with van der Waals surface area (Å²) in [5.41, 5.74) is 6.79. The van der Waals surface area contributed by atoms with Crippen LogP contribution in [0.15, 0.2) is 35.4 Å². The fraction of sp³-hybridized carbons (Fsp3) is 0.300. The van der Waals surface area contributed by atoms with Gasteiger partial charge in [-0.25, -0.2) is 0 Å². The van der Waals surface area contributed by atoms with Gasteiger partial charge in [0.05, 0.1) is 0 Å². The Morgan fingerprint density at radius 1 is 1.23 bits per heavy atom. The zero-order valence-electron chi connectivity index (χ0n) is 7.61. The van der Waals surface area contributed by atoms with Crippen molar-refractivity contribution < 1.29 is 0 Å². The molecule has 0 saturated carbocycles. The molecule has 0 radical (unpaired) electrons. The minimum atomic E-state index is 0.524. The second-order valence-corrected chi connectivity index (χ2v) is 2.96.